The van der Waals surface area contributed by atoms with Crippen molar-refractivity contribution in [2.75, 3.05) is 13.1 Å². The standard InChI is InChI=1S/C11H21NO/c1-3-10(2)8-12-9-11(13-10)6-4-5-7-11/h12H,3-9H2,1-2H3. The highest BCUT2D eigenvalue weighted by Crippen LogP contribution is 2.38. The smallest absolute Gasteiger partial charge is 0.0814 e. The predicted molar refractivity (Wildman–Crippen MR) is 53.8 cm³/mol. The minimum Gasteiger partial charge on any atom is -0.366 e. The summed E-state index contributed by atoms with van der Waals surface area (Å²) in [5.74, 6) is 0. The molecule has 2 rings (SSSR count). The van der Waals surface area contributed by atoms with Crippen LogP contribution in [0.1, 0.15) is 46.0 Å². The molecule has 0 amide bonds. The van der Waals surface area contributed by atoms with Crippen LogP contribution >= 0.6 is 0 Å². The monoisotopic (exact) mass is 183 g/mol. The van der Waals surface area contributed by atoms with Gasteiger partial charge in [0.15, 0.2) is 0 Å². The minimum atomic E-state index is 0.0859. The van der Waals surface area contributed by atoms with E-state index in [-0.39, 0.29) is 11.2 Å². The Hall–Kier alpha value is -0.0800. The molecule has 1 saturated heterocycles. The van der Waals surface area contributed by atoms with Gasteiger partial charge < -0.3 is 10.1 Å². The molecule has 1 aliphatic heterocycles. The van der Waals surface area contributed by atoms with Gasteiger partial charge in [-0.3, -0.25) is 0 Å². The summed E-state index contributed by atoms with van der Waals surface area (Å²) in [5.41, 5.74) is 0.283. The molecule has 2 heteroatoms. The Morgan fingerprint density at radius 3 is 2.54 bits per heavy atom. The summed E-state index contributed by atoms with van der Waals surface area (Å²) < 4.78 is 6.31. The van der Waals surface area contributed by atoms with Crippen molar-refractivity contribution in [1.29, 1.82) is 0 Å². The highest BCUT2D eigenvalue weighted by Gasteiger charge is 2.43. The lowest BCUT2D eigenvalue weighted by Gasteiger charge is -2.45. The Kier molecular flexibility index (Phi) is 2.37. The van der Waals surface area contributed by atoms with Gasteiger partial charge in [-0.2, -0.15) is 0 Å². The Balaban J connectivity index is 2.06. The second-order valence-corrected chi connectivity index (χ2v) is 4.90. The second-order valence-electron chi connectivity index (χ2n) is 4.90. The lowest BCUT2D eigenvalue weighted by molar-refractivity contribution is -0.168. The van der Waals surface area contributed by atoms with E-state index in [1.54, 1.807) is 0 Å². The van der Waals surface area contributed by atoms with E-state index in [0.717, 1.165) is 19.5 Å². The largest absolute Gasteiger partial charge is 0.366 e. The molecule has 0 aromatic rings. The molecule has 0 aromatic carbocycles. The van der Waals surface area contributed by atoms with Crippen molar-refractivity contribution in [3.8, 4) is 0 Å². The predicted octanol–water partition coefficient (Wildman–Crippen LogP) is 2.09. The summed E-state index contributed by atoms with van der Waals surface area (Å²) in [4.78, 5) is 0. The number of morpholine rings is 1. The molecule has 1 aliphatic carbocycles. The fourth-order valence-corrected chi connectivity index (χ4v) is 2.64. The SMILES string of the molecule is CCC1(C)CNCC2(CCCC2)O1. The maximum Gasteiger partial charge on any atom is 0.0814 e. The molecule has 0 radical (unpaired) electrons. The molecule has 1 heterocycles. The molecular formula is C11H21NO. The average Bonchev–Trinajstić information content (AvgIpc) is 2.53. The number of hydrogen-bond acceptors (Lipinski definition) is 2. The molecule has 0 aromatic heterocycles. The van der Waals surface area contributed by atoms with Crippen LogP contribution in [0.4, 0.5) is 0 Å². The van der Waals surface area contributed by atoms with Crippen molar-refractivity contribution in [3.63, 3.8) is 0 Å². The van der Waals surface area contributed by atoms with Crippen molar-refractivity contribution in [1.82, 2.24) is 5.32 Å². The summed E-state index contributed by atoms with van der Waals surface area (Å²) in [5, 5.41) is 3.53. The third kappa shape index (κ3) is 1.75. The van der Waals surface area contributed by atoms with E-state index in [1.165, 1.54) is 25.7 Å². The van der Waals surface area contributed by atoms with Gasteiger partial charge in [0.05, 0.1) is 11.2 Å². The first-order valence-electron chi connectivity index (χ1n) is 5.59. The van der Waals surface area contributed by atoms with Crippen molar-refractivity contribution in [2.24, 2.45) is 0 Å². The third-order valence-corrected chi connectivity index (χ3v) is 3.67. The van der Waals surface area contributed by atoms with Gasteiger partial charge in [-0.25, -0.2) is 0 Å². The third-order valence-electron chi connectivity index (χ3n) is 3.67. The van der Waals surface area contributed by atoms with Crippen molar-refractivity contribution in [2.45, 2.75) is 57.2 Å². The van der Waals surface area contributed by atoms with Crippen LogP contribution < -0.4 is 5.32 Å². The van der Waals surface area contributed by atoms with Crippen LogP contribution in [0.2, 0.25) is 0 Å². The second kappa shape index (κ2) is 3.25. The molecule has 76 valence electrons. The number of ether oxygens (including phenoxy) is 1. The lowest BCUT2D eigenvalue weighted by atomic mass is 9.93. The van der Waals surface area contributed by atoms with Gasteiger partial charge in [0.2, 0.25) is 0 Å². The Bertz CT molecular complexity index is 187. The average molecular weight is 183 g/mol. The summed E-state index contributed by atoms with van der Waals surface area (Å²) >= 11 is 0. The van der Waals surface area contributed by atoms with Crippen LogP contribution in [0.5, 0.6) is 0 Å². The maximum atomic E-state index is 6.31. The fourth-order valence-electron chi connectivity index (χ4n) is 2.64. The molecule has 1 N–H and O–H groups in total. The van der Waals surface area contributed by atoms with Crippen LogP contribution in [0.25, 0.3) is 0 Å². The summed E-state index contributed by atoms with van der Waals surface area (Å²) in [6, 6.07) is 0. The van der Waals surface area contributed by atoms with E-state index in [0.29, 0.717) is 0 Å². The first-order valence-corrected chi connectivity index (χ1v) is 5.59. The minimum absolute atomic E-state index is 0.0859. The van der Waals surface area contributed by atoms with E-state index in [4.69, 9.17) is 4.74 Å². The highest BCUT2D eigenvalue weighted by atomic mass is 16.5. The van der Waals surface area contributed by atoms with E-state index in [1.807, 2.05) is 0 Å². The van der Waals surface area contributed by atoms with Gasteiger partial charge in [0.25, 0.3) is 0 Å². The maximum absolute atomic E-state index is 6.31. The Labute approximate surface area is 81.0 Å². The molecule has 2 aliphatic rings. The number of rotatable bonds is 1. The van der Waals surface area contributed by atoms with Gasteiger partial charge >= 0.3 is 0 Å². The zero-order chi connectivity index (χ0) is 9.36. The van der Waals surface area contributed by atoms with Crippen molar-refractivity contribution < 1.29 is 4.74 Å². The first kappa shape index (κ1) is 9.47. The van der Waals surface area contributed by atoms with Crippen molar-refractivity contribution >= 4 is 0 Å². The first-order chi connectivity index (χ1) is 6.18. The Morgan fingerprint density at radius 2 is 1.92 bits per heavy atom. The highest BCUT2D eigenvalue weighted by molar-refractivity contribution is 4.96. The van der Waals surface area contributed by atoms with Gasteiger partial charge in [-0.1, -0.05) is 19.8 Å². The van der Waals surface area contributed by atoms with Gasteiger partial charge in [-0.05, 0) is 26.2 Å². The zero-order valence-corrected chi connectivity index (χ0v) is 8.86. The summed E-state index contributed by atoms with van der Waals surface area (Å²) in [6.07, 6.45) is 6.33. The molecule has 1 atom stereocenters. The molecule has 1 saturated carbocycles. The topological polar surface area (TPSA) is 21.3 Å². The van der Waals surface area contributed by atoms with E-state index < -0.39 is 0 Å². The van der Waals surface area contributed by atoms with Gasteiger partial charge in [0.1, 0.15) is 0 Å². The van der Waals surface area contributed by atoms with E-state index in [9.17, 15) is 0 Å². The van der Waals surface area contributed by atoms with Crippen LogP contribution in [-0.4, -0.2) is 24.3 Å². The fraction of sp³-hybridized carbons (Fsp3) is 1.00. The molecule has 2 fully saturated rings. The quantitative estimate of drug-likeness (QED) is 0.672. The molecule has 1 unspecified atom stereocenters. The number of hydrogen-bond donors (Lipinski definition) is 1. The van der Waals surface area contributed by atoms with Crippen molar-refractivity contribution in [3.05, 3.63) is 0 Å². The normalized spacial score (nSPS) is 38.3. The van der Waals surface area contributed by atoms with Gasteiger partial charge in [0, 0.05) is 13.1 Å². The van der Waals surface area contributed by atoms with Crippen LogP contribution in [0, 0.1) is 0 Å². The number of nitrogens with one attached hydrogen (secondary N) is 1. The molecule has 0 bridgehead atoms. The van der Waals surface area contributed by atoms with Crippen LogP contribution in [0.15, 0.2) is 0 Å². The van der Waals surface area contributed by atoms with E-state index >= 15 is 0 Å². The van der Waals surface area contributed by atoms with Crippen LogP contribution in [-0.2, 0) is 4.74 Å². The summed E-state index contributed by atoms with van der Waals surface area (Å²) in [6.45, 7) is 6.54. The lowest BCUT2D eigenvalue weighted by Crippen LogP contribution is -2.57. The Morgan fingerprint density at radius 1 is 1.23 bits per heavy atom. The zero-order valence-electron chi connectivity index (χ0n) is 8.86. The molecule has 13 heavy (non-hydrogen) atoms. The molecular weight excluding hydrogens is 162 g/mol. The molecule has 2 nitrogen and oxygen atoms in total. The van der Waals surface area contributed by atoms with E-state index in [2.05, 4.69) is 19.2 Å². The molecule has 1 spiro atoms. The van der Waals surface area contributed by atoms with Crippen LogP contribution in [0.3, 0.4) is 0 Å². The van der Waals surface area contributed by atoms with Gasteiger partial charge in [-0.15, -0.1) is 0 Å². The summed E-state index contributed by atoms with van der Waals surface area (Å²) in [7, 11) is 0.